The van der Waals surface area contributed by atoms with E-state index in [0.29, 0.717) is 19.5 Å². The van der Waals surface area contributed by atoms with Crippen molar-refractivity contribution < 1.29 is 14.0 Å². The lowest BCUT2D eigenvalue weighted by atomic mass is 10.1. The van der Waals surface area contributed by atoms with Crippen LogP contribution in [0.1, 0.15) is 23.1 Å². The maximum Gasteiger partial charge on any atom is 0.225 e. The number of likely N-dealkylation sites (tertiary alicyclic amines) is 1. The average molecular weight is 340 g/mol. The summed E-state index contributed by atoms with van der Waals surface area (Å²) in [5.74, 6) is -0.419. The van der Waals surface area contributed by atoms with Crippen LogP contribution in [-0.4, -0.2) is 29.3 Å². The number of aryl methyl sites for hydroxylation is 1. The monoisotopic (exact) mass is 340 g/mol. The lowest BCUT2D eigenvalue weighted by Crippen LogP contribution is -2.38. The molecular formula is C20H21FN2O2. The molecule has 1 saturated heterocycles. The Bertz CT molecular complexity index is 791. The second kappa shape index (κ2) is 7.47. The molecule has 25 heavy (non-hydrogen) atoms. The van der Waals surface area contributed by atoms with Gasteiger partial charge in [-0.2, -0.15) is 0 Å². The number of hydrogen-bond acceptors (Lipinski definition) is 2. The van der Waals surface area contributed by atoms with E-state index in [2.05, 4.69) is 5.32 Å². The second-order valence-electron chi connectivity index (χ2n) is 6.48. The molecule has 130 valence electrons. The van der Waals surface area contributed by atoms with Gasteiger partial charge < -0.3 is 10.2 Å². The summed E-state index contributed by atoms with van der Waals surface area (Å²) in [6.45, 7) is 2.79. The molecule has 1 atom stereocenters. The van der Waals surface area contributed by atoms with E-state index >= 15 is 0 Å². The largest absolute Gasteiger partial charge is 0.351 e. The summed E-state index contributed by atoms with van der Waals surface area (Å²) in [7, 11) is 0. The van der Waals surface area contributed by atoms with Crippen molar-refractivity contribution in [2.45, 2.75) is 32.4 Å². The molecule has 2 aromatic rings. The number of hydrogen-bond donors (Lipinski definition) is 1. The van der Waals surface area contributed by atoms with Gasteiger partial charge in [0.05, 0.1) is 12.5 Å². The predicted molar refractivity (Wildman–Crippen MR) is 93.2 cm³/mol. The molecule has 0 bridgehead atoms. The van der Waals surface area contributed by atoms with Gasteiger partial charge in [0.2, 0.25) is 11.8 Å². The van der Waals surface area contributed by atoms with Crippen molar-refractivity contribution in [3.63, 3.8) is 0 Å². The minimum atomic E-state index is -0.313. The molecule has 0 saturated carbocycles. The fourth-order valence-electron chi connectivity index (χ4n) is 3.14. The van der Waals surface area contributed by atoms with Crippen molar-refractivity contribution in [1.29, 1.82) is 0 Å². The van der Waals surface area contributed by atoms with Gasteiger partial charge in [0.1, 0.15) is 5.82 Å². The molecule has 1 aliphatic rings. The van der Waals surface area contributed by atoms with Crippen molar-refractivity contribution >= 4 is 11.8 Å². The SMILES string of the molecule is Cc1ccccc1CC(=O)NC1CC(=O)N(Cc2cccc(F)c2)C1. The van der Waals surface area contributed by atoms with Crippen LogP contribution in [0.5, 0.6) is 0 Å². The van der Waals surface area contributed by atoms with Gasteiger partial charge in [-0.05, 0) is 35.7 Å². The summed E-state index contributed by atoms with van der Waals surface area (Å²) in [6, 6.07) is 13.8. The Morgan fingerprint density at radius 1 is 1.24 bits per heavy atom. The molecule has 1 N–H and O–H groups in total. The highest BCUT2D eigenvalue weighted by molar-refractivity contribution is 5.83. The standard InChI is InChI=1S/C20H21FN2O2/c1-14-5-2-3-7-16(14)10-19(24)22-18-11-20(25)23(13-18)12-15-6-4-8-17(21)9-15/h2-9,18H,10-13H2,1H3,(H,22,24). The van der Waals surface area contributed by atoms with E-state index in [9.17, 15) is 14.0 Å². The average Bonchev–Trinajstić information content (AvgIpc) is 2.89. The lowest BCUT2D eigenvalue weighted by Gasteiger charge is -2.17. The topological polar surface area (TPSA) is 49.4 Å². The summed E-state index contributed by atoms with van der Waals surface area (Å²) < 4.78 is 13.3. The van der Waals surface area contributed by atoms with Crippen LogP contribution in [0.25, 0.3) is 0 Å². The predicted octanol–water partition coefficient (Wildman–Crippen LogP) is 2.59. The van der Waals surface area contributed by atoms with Gasteiger partial charge in [0, 0.05) is 19.5 Å². The number of halogens is 1. The minimum absolute atomic E-state index is 0.0227. The van der Waals surface area contributed by atoms with Crippen LogP contribution in [0.15, 0.2) is 48.5 Å². The lowest BCUT2D eigenvalue weighted by molar-refractivity contribution is -0.128. The number of benzene rings is 2. The zero-order chi connectivity index (χ0) is 17.8. The van der Waals surface area contributed by atoms with E-state index < -0.39 is 0 Å². The third kappa shape index (κ3) is 4.44. The number of carbonyl (C=O) groups is 2. The molecule has 3 rings (SSSR count). The molecule has 0 radical (unpaired) electrons. The highest BCUT2D eigenvalue weighted by atomic mass is 19.1. The first-order chi connectivity index (χ1) is 12.0. The Hall–Kier alpha value is -2.69. The van der Waals surface area contributed by atoms with Gasteiger partial charge in [0.15, 0.2) is 0 Å². The van der Waals surface area contributed by atoms with Crippen molar-refractivity contribution in [2.24, 2.45) is 0 Å². The summed E-state index contributed by atoms with van der Waals surface area (Å²) in [6.07, 6.45) is 0.593. The fraction of sp³-hybridized carbons (Fsp3) is 0.300. The number of amides is 2. The maximum absolute atomic E-state index is 13.3. The van der Waals surface area contributed by atoms with E-state index in [0.717, 1.165) is 16.7 Å². The third-order valence-corrected chi connectivity index (χ3v) is 4.45. The minimum Gasteiger partial charge on any atom is -0.351 e. The van der Waals surface area contributed by atoms with Crippen LogP contribution >= 0.6 is 0 Å². The van der Waals surface area contributed by atoms with Crippen molar-refractivity contribution in [2.75, 3.05) is 6.54 Å². The first kappa shape index (κ1) is 17.1. The molecule has 2 aromatic carbocycles. The van der Waals surface area contributed by atoms with Crippen molar-refractivity contribution in [3.05, 3.63) is 71.0 Å². The van der Waals surface area contributed by atoms with Crippen LogP contribution in [0, 0.1) is 12.7 Å². The molecule has 4 nitrogen and oxygen atoms in total. The summed E-state index contributed by atoms with van der Waals surface area (Å²) >= 11 is 0. The Kier molecular flexibility index (Phi) is 5.12. The number of carbonyl (C=O) groups excluding carboxylic acids is 2. The molecule has 1 unspecified atom stereocenters. The zero-order valence-corrected chi connectivity index (χ0v) is 14.2. The first-order valence-corrected chi connectivity index (χ1v) is 8.37. The third-order valence-electron chi connectivity index (χ3n) is 4.45. The van der Waals surface area contributed by atoms with Crippen molar-refractivity contribution in [3.8, 4) is 0 Å². The smallest absolute Gasteiger partial charge is 0.225 e. The number of nitrogens with one attached hydrogen (secondary N) is 1. The van der Waals surface area contributed by atoms with Crippen LogP contribution in [0.4, 0.5) is 4.39 Å². The van der Waals surface area contributed by atoms with Gasteiger partial charge in [-0.25, -0.2) is 4.39 Å². The molecule has 0 spiro atoms. The Labute approximate surface area is 146 Å². The van der Waals surface area contributed by atoms with Gasteiger partial charge in [-0.3, -0.25) is 9.59 Å². The summed E-state index contributed by atoms with van der Waals surface area (Å²) in [5, 5.41) is 2.94. The Morgan fingerprint density at radius 3 is 2.80 bits per heavy atom. The quantitative estimate of drug-likeness (QED) is 0.909. The van der Waals surface area contributed by atoms with Crippen LogP contribution < -0.4 is 5.32 Å². The fourth-order valence-corrected chi connectivity index (χ4v) is 3.14. The van der Waals surface area contributed by atoms with E-state index in [1.54, 1.807) is 17.0 Å². The second-order valence-corrected chi connectivity index (χ2v) is 6.48. The van der Waals surface area contributed by atoms with Gasteiger partial charge in [-0.1, -0.05) is 36.4 Å². The van der Waals surface area contributed by atoms with E-state index in [-0.39, 0.29) is 30.1 Å². The van der Waals surface area contributed by atoms with E-state index in [4.69, 9.17) is 0 Å². The van der Waals surface area contributed by atoms with Gasteiger partial charge >= 0.3 is 0 Å². The molecule has 1 aliphatic heterocycles. The molecule has 0 aromatic heterocycles. The van der Waals surface area contributed by atoms with Crippen LogP contribution in [0.3, 0.4) is 0 Å². The van der Waals surface area contributed by atoms with Gasteiger partial charge in [0.25, 0.3) is 0 Å². The first-order valence-electron chi connectivity index (χ1n) is 8.37. The highest BCUT2D eigenvalue weighted by Gasteiger charge is 2.30. The Morgan fingerprint density at radius 2 is 2.04 bits per heavy atom. The Balaban J connectivity index is 1.55. The van der Waals surface area contributed by atoms with Crippen molar-refractivity contribution in [1.82, 2.24) is 10.2 Å². The van der Waals surface area contributed by atoms with E-state index in [1.165, 1.54) is 12.1 Å². The summed E-state index contributed by atoms with van der Waals surface area (Å²) in [5.41, 5.74) is 2.81. The molecule has 2 amide bonds. The van der Waals surface area contributed by atoms with E-state index in [1.807, 2.05) is 31.2 Å². The number of rotatable bonds is 5. The normalized spacial score (nSPS) is 17.0. The van der Waals surface area contributed by atoms with Crippen LogP contribution in [0.2, 0.25) is 0 Å². The van der Waals surface area contributed by atoms with Gasteiger partial charge in [-0.15, -0.1) is 0 Å². The molecule has 1 heterocycles. The maximum atomic E-state index is 13.3. The molecule has 1 fully saturated rings. The molecule has 5 heteroatoms. The number of nitrogens with zero attached hydrogens (tertiary/aromatic N) is 1. The molecule has 0 aliphatic carbocycles. The summed E-state index contributed by atoms with van der Waals surface area (Å²) in [4.78, 5) is 26.1. The highest BCUT2D eigenvalue weighted by Crippen LogP contribution is 2.16. The zero-order valence-electron chi connectivity index (χ0n) is 14.2. The van der Waals surface area contributed by atoms with Crippen LogP contribution in [-0.2, 0) is 22.6 Å². The molecular weight excluding hydrogens is 319 g/mol.